The van der Waals surface area contributed by atoms with Gasteiger partial charge in [-0.15, -0.1) is 0 Å². The number of nitrogens with one attached hydrogen (secondary N) is 2. The molecule has 0 bridgehead atoms. The van der Waals surface area contributed by atoms with E-state index in [2.05, 4.69) is 5.32 Å². The Labute approximate surface area is 97.5 Å². The van der Waals surface area contributed by atoms with Gasteiger partial charge in [-0.25, -0.2) is 4.79 Å². The molecular formula is C9H15N3O5. The summed E-state index contributed by atoms with van der Waals surface area (Å²) < 4.78 is 0. The van der Waals surface area contributed by atoms with Crippen molar-refractivity contribution in [1.82, 2.24) is 10.6 Å². The maximum Gasteiger partial charge on any atom is 0.321 e. The second kappa shape index (κ2) is 8.08. The van der Waals surface area contributed by atoms with Crippen molar-refractivity contribution < 1.29 is 24.3 Å². The van der Waals surface area contributed by atoms with Crippen LogP contribution in [-0.4, -0.2) is 35.5 Å². The monoisotopic (exact) mass is 245 g/mol. The third-order valence-corrected chi connectivity index (χ3v) is 1.72. The SMILES string of the molecule is NC(=O)CNC(=O)NC(=O)CCCCC(=O)O. The number of hydrogen-bond acceptors (Lipinski definition) is 4. The molecule has 0 aliphatic rings. The van der Waals surface area contributed by atoms with Gasteiger partial charge in [0.1, 0.15) is 0 Å². The van der Waals surface area contributed by atoms with Gasteiger partial charge < -0.3 is 16.2 Å². The third kappa shape index (κ3) is 10.2. The van der Waals surface area contributed by atoms with Gasteiger partial charge in [0.2, 0.25) is 11.8 Å². The topological polar surface area (TPSA) is 139 Å². The molecule has 0 aliphatic heterocycles. The molecule has 0 unspecified atom stereocenters. The minimum Gasteiger partial charge on any atom is -0.481 e. The summed E-state index contributed by atoms with van der Waals surface area (Å²) in [5.41, 5.74) is 4.78. The Bertz CT molecular complexity index is 316. The Morgan fingerprint density at radius 1 is 1.06 bits per heavy atom. The van der Waals surface area contributed by atoms with E-state index in [-0.39, 0.29) is 19.4 Å². The van der Waals surface area contributed by atoms with Crippen molar-refractivity contribution in [2.24, 2.45) is 5.73 Å². The van der Waals surface area contributed by atoms with E-state index in [1.807, 2.05) is 5.32 Å². The number of carboxylic acids is 1. The van der Waals surface area contributed by atoms with E-state index in [9.17, 15) is 19.2 Å². The van der Waals surface area contributed by atoms with Gasteiger partial charge in [0.25, 0.3) is 0 Å². The lowest BCUT2D eigenvalue weighted by Crippen LogP contribution is -2.42. The molecule has 0 rings (SSSR count). The van der Waals surface area contributed by atoms with Gasteiger partial charge in [0.15, 0.2) is 0 Å². The molecule has 0 heterocycles. The number of hydrogen-bond donors (Lipinski definition) is 4. The Hall–Kier alpha value is -2.12. The normalized spacial score (nSPS) is 9.41. The molecule has 17 heavy (non-hydrogen) atoms. The number of unbranched alkanes of at least 4 members (excludes halogenated alkanes) is 1. The largest absolute Gasteiger partial charge is 0.481 e. The second-order valence-corrected chi connectivity index (χ2v) is 3.30. The molecule has 0 fully saturated rings. The predicted octanol–water partition coefficient (Wildman–Crippen LogP) is -1.06. The third-order valence-electron chi connectivity index (χ3n) is 1.72. The van der Waals surface area contributed by atoms with Crippen LogP contribution in [0, 0.1) is 0 Å². The van der Waals surface area contributed by atoms with Gasteiger partial charge in [-0.2, -0.15) is 0 Å². The molecular weight excluding hydrogens is 230 g/mol. The highest BCUT2D eigenvalue weighted by atomic mass is 16.4. The fourth-order valence-electron chi connectivity index (χ4n) is 0.962. The van der Waals surface area contributed by atoms with Crippen LogP contribution in [0.1, 0.15) is 25.7 Å². The van der Waals surface area contributed by atoms with E-state index < -0.39 is 23.8 Å². The summed E-state index contributed by atoms with van der Waals surface area (Å²) in [4.78, 5) is 42.5. The number of carbonyl (C=O) groups is 4. The molecule has 96 valence electrons. The van der Waals surface area contributed by atoms with Crippen molar-refractivity contribution in [3.05, 3.63) is 0 Å². The van der Waals surface area contributed by atoms with Crippen LogP contribution in [0.5, 0.6) is 0 Å². The van der Waals surface area contributed by atoms with Crippen LogP contribution in [0.25, 0.3) is 0 Å². The number of nitrogens with two attached hydrogens (primary N) is 1. The first kappa shape index (κ1) is 14.9. The van der Waals surface area contributed by atoms with Crippen LogP contribution < -0.4 is 16.4 Å². The van der Waals surface area contributed by atoms with Crippen molar-refractivity contribution in [1.29, 1.82) is 0 Å². The van der Waals surface area contributed by atoms with E-state index in [1.54, 1.807) is 0 Å². The lowest BCUT2D eigenvalue weighted by Gasteiger charge is -2.04. The molecule has 5 N–H and O–H groups in total. The minimum atomic E-state index is -0.926. The average Bonchev–Trinajstić information content (AvgIpc) is 2.21. The number of carboxylic acid groups (broad SMARTS) is 1. The Kier molecular flexibility index (Phi) is 7.07. The van der Waals surface area contributed by atoms with Crippen molar-refractivity contribution in [2.75, 3.05) is 6.54 Å². The first-order valence-electron chi connectivity index (χ1n) is 4.99. The fourth-order valence-corrected chi connectivity index (χ4v) is 0.962. The highest BCUT2D eigenvalue weighted by molar-refractivity contribution is 5.95. The number of imide groups is 1. The maximum absolute atomic E-state index is 11.1. The van der Waals surface area contributed by atoms with E-state index in [0.29, 0.717) is 12.8 Å². The summed E-state index contributed by atoms with van der Waals surface area (Å²) in [6, 6.07) is -0.799. The molecule has 8 heteroatoms. The lowest BCUT2D eigenvalue weighted by molar-refractivity contribution is -0.137. The van der Waals surface area contributed by atoms with Gasteiger partial charge in [-0.05, 0) is 12.8 Å². The zero-order valence-electron chi connectivity index (χ0n) is 9.19. The summed E-state index contributed by atoms with van der Waals surface area (Å²) in [6.45, 7) is -0.349. The lowest BCUT2D eigenvalue weighted by atomic mass is 10.2. The standard InChI is InChI=1S/C9H15N3O5/c10-6(13)5-11-9(17)12-7(14)3-1-2-4-8(15)16/h1-5H2,(H2,10,13)(H,15,16)(H2,11,12,14,17). The van der Waals surface area contributed by atoms with E-state index in [1.165, 1.54) is 0 Å². The molecule has 0 atom stereocenters. The van der Waals surface area contributed by atoms with Crippen molar-refractivity contribution in [2.45, 2.75) is 25.7 Å². The Balaban J connectivity index is 3.60. The van der Waals surface area contributed by atoms with Crippen molar-refractivity contribution >= 4 is 23.8 Å². The van der Waals surface area contributed by atoms with Crippen LogP contribution in [-0.2, 0) is 14.4 Å². The van der Waals surface area contributed by atoms with E-state index in [4.69, 9.17) is 10.8 Å². The summed E-state index contributed by atoms with van der Waals surface area (Å²) in [5.74, 6) is -2.17. The number of primary amides is 1. The minimum absolute atomic E-state index is 0.0127. The van der Waals surface area contributed by atoms with Crippen LogP contribution in [0.2, 0.25) is 0 Å². The second-order valence-electron chi connectivity index (χ2n) is 3.30. The molecule has 8 nitrogen and oxygen atoms in total. The first-order chi connectivity index (χ1) is 7.91. The predicted molar refractivity (Wildman–Crippen MR) is 56.8 cm³/mol. The fraction of sp³-hybridized carbons (Fsp3) is 0.556. The van der Waals surface area contributed by atoms with Crippen LogP contribution in [0.15, 0.2) is 0 Å². The van der Waals surface area contributed by atoms with Crippen LogP contribution >= 0.6 is 0 Å². The zero-order chi connectivity index (χ0) is 13.3. The molecule has 0 aliphatic carbocycles. The van der Waals surface area contributed by atoms with Crippen LogP contribution in [0.3, 0.4) is 0 Å². The van der Waals surface area contributed by atoms with Gasteiger partial charge in [-0.1, -0.05) is 0 Å². The molecule has 0 aromatic carbocycles. The maximum atomic E-state index is 11.1. The average molecular weight is 245 g/mol. The van der Waals surface area contributed by atoms with Crippen molar-refractivity contribution in [3.8, 4) is 0 Å². The summed E-state index contributed by atoms with van der Waals surface area (Å²) in [6.07, 6.45) is 0.783. The van der Waals surface area contributed by atoms with Gasteiger partial charge >= 0.3 is 12.0 Å². The molecule has 0 saturated heterocycles. The molecule has 0 aromatic heterocycles. The highest BCUT2D eigenvalue weighted by Gasteiger charge is 2.08. The zero-order valence-corrected chi connectivity index (χ0v) is 9.19. The summed E-state index contributed by atoms with van der Waals surface area (Å²) in [7, 11) is 0. The molecule has 0 radical (unpaired) electrons. The van der Waals surface area contributed by atoms with Crippen molar-refractivity contribution in [3.63, 3.8) is 0 Å². The quantitative estimate of drug-likeness (QED) is 0.423. The number of aliphatic carboxylic acids is 1. The van der Waals surface area contributed by atoms with Crippen LogP contribution in [0.4, 0.5) is 4.79 Å². The highest BCUT2D eigenvalue weighted by Crippen LogP contribution is 1.99. The van der Waals surface area contributed by atoms with E-state index >= 15 is 0 Å². The smallest absolute Gasteiger partial charge is 0.321 e. The van der Waals surface area contributed by atoms with Gasteiger partial charge in [0, 0.05) is 12.8 Å². The molecule has 0 aromatic rings. The van der Waals surface area contributed by atoms with E-state index in [0.717, 1.165) is 0 Å². The van der Waals surface area contributed by atoms with Gasteiger partial charge in [0.05, 0.1) is 6.54 Å². The molecule has 0 spiro atoms. The number of urea groups is 1. The number of rotatable bonds is 7. The Morgan fingerprint density at radius 2 is 1.65 bits per heavy atom. The first-order valence-corrected chi connectivity index (χ1v) is 4.99. The summed E-state index contributed by atoms with van der Waals surface area (Å²) >= 11 is 0. The number of carbonyl (C=O) groups excluding carboxylic acids is 3. The Morgan fingerprint density at radius 3 is 2.18 bits per heavy atom. The number of amides is 4. The molecule has 4 amide bonds. The summed E-state index contributed by atoms with van der Waals surface area (Å²) in [5, 5.41) is 12.4. The van der Waals surface area contributed by atoms with Gasteiger partial charge in [-0.3, -0.25) is 19.7 Å². The molecule has 0 saturated carbocycles.